The Morgan fingerprint density at radius 2 is 1.91 bits per heavy atom. The first-order valence-electron chi connectivity index (χ1n) is 6.91. The molecule has 0 saturated heterocycles. The highest BCUT2D eigenvalue weighted by atomic mass is 32.2. The summed E-state index contributed by atoms with van der Waals surface area (Å²) in [5.41, 5.74) is 0. The summed E-state index contributed by atoms with van der Waals surface area (Å²) in [7, 11) is -2.00. The second-order valence-electron chi connectivity index (χ2n) is 5.02. The monoisotopic (exact) mass is 339 g/mol. The number of rotatable bonds is 4. The summed E-state index contributed by atoms with van der Waals surface area (Å²) in [6.45, 7) is 2.79. The van der Waals surface area contributed by atoms with Gasteiger partial charge in [-0.25, -0.2) is 8.42 Å². The number of hydrogen-bond acceptors (Lipinski definition) is 5. The second-order valence-corrected chi connectivity index (χ2v) is 7.99. The van der Waals surface area contributed by atoms with Crippen molar-refractivity contribution >= 4 is 21.4 Å². The zero-order chi connectivity index (χ0) is 15.7. The topological polar surface area (TPSA) is 55.8 Å². The van der Waals surface area contributed by atoms with E-state index >= 15 is 0 Å². The fraction of sp³-hybridized carbons (Fsp3) is 0.333. The van der Waals surface area contributed by atoms with Crippen molar-refractivity contribution in [1.29, 1.82) is 0 Å². The molecule has 0 bridgehead atoms. The van der Waals surface area contributed by atoms with Gasteiger partial charge < -0.3 is 9.47 Å². The molecular weight excluding hydrogens is 322 g/mol. The molecule has 22 heavy (non-hydrogen) atoms. The number of sulfonamides is 1. The van der Waals surface area contributed by atoms with Crippen LogP contribution in [0.15, 0.2) is 40.6 Å². The lowest BCUT2D eigenvalue weighted by Gasteiger charge is -2.24. The Bertz CT molecular complexity index is 756. The predicted octanol–water partition coefficient (Wildman–Crippen LogP) is 2.90. The summed E-state index contributed by atoms with van der Waals surface area (Å²) >= 11 is 1.54. The van der Waals surface area contributed by atoms with Gasteiger partial charge in [-0.3, -0.25) is 0 Å². The normalized spacial score (nSPS) is 15.8. The van der Waals surface area contributed by atoms with Gasteiger partial charge in [-0.05, 0) is 30.5 Å². The van der Waals surface area contributed by atoms with Gasteiger partial charge in [0.25, 0.3) is 0 Å². The van der Waals surface area contributed by atoms with Crippen molar-refractivity contribution in [3.05, 3.63) is 40.6 Å². The summed E-state index contributed by atoms with van der Waals surface area (Å²) in [5.74, 6) is 1.06. The van der Waals surface area contributed by atoms with Crippen molar-refractivity contribution in [2.75, 3.05) is 20.3 Å². The van der Waals surface area contributed by atoms with Crippen LogP contribution in [0.25, 0.3) is 0 Å². The van der Waals surface area contributed by atoms with Crippen LogP contribution in [-0.4, -0.2) is 33.0 Å². The van der Waals surface area contributed by atoms with Crippen molar-refractivity contribution < 1.29 is 17.9 Å². The van der Waals surface area contributed by atoms with E-state index < -0.39 is 10.0 Å². The molecule has 0 saturated carbocycles. The van der Waals surface area contributed by atoms with Crippen LogP contribution in [0.5, 0.6) is 11.5 Å². The van der Waals surface area contributed by atoms with Crippen LogP contribution in [-0.2, 0) is 10.0 Å². The molecular formula is C15H17NO4S2. The first kappa shape index (κ1) is 15.3. The number of fused-ring (bicyclic) bond motifs is 1. The van der Waals surface area contributed by atoms with E-state index in [1.165, 1.54) is 10.4 Å². The largest absolute Gasteiger partial charge is 0.486 e. The molecule has 2 heterocycles. The summed E-state index contributed by atoms with van der Waals surface area (Å²) in [4.78, 5) is 1.21. The molecule has 118 valence electrons. The highest BCUT2D eigenvalue weighted by Crippen LogP contribution is 2.35. The van der Waals surface area contributed by atoms with Crippen molar-refractivity contribution in [1.82, 2.24) is 4.31 Å². The minimum Gasteiger partial charge on any atom is -0.486 e. The fourth-order valence-electron chi connectivity index (χ4n) is 2.27. The Morgan fingerprint density at radius 3 is 2.59 bits per heavy atom. The lowest BCUT2D eigenvalue weighted by atomic mass is 10.3. The van der Waals surface area contributed by atoms with Crippen LogP contribution in [0.1, 0.15) is 17.8 Å². The lowest BCUT2D eigenvalue weighted by molar-refractivity contribution is 0.171. The van der Waals surface area contributed by atoms with Gasteiger partial charge in [0.05, 0.1) is 10.9 Å². The van der Waals surface area contributed by atoms with E-state index in [1.54, 1.807) is 30.5 Å². The first-order chi connectivity index (χ1) is 10.5. The van der Waals surface area contributed by atoms with Crippen LogP contribution in [0, 0.1) is 0 Å². The van der Waals surface area contributed by atoms with E-state index in [0.29, 0.717) is 24.7 Å². The molecule has 5 nitrogen and oxygen atoms in total. The third kappa shape index (κ3) is 2.71. The highest BCUT2D eigenvalue weighted by molar-refractivity contribution is 7.89. The summed E-state index contributed by atoms with van der Waals surface area (Å²) in [6.07, 6.45) is 0. The molecule has 1 aliphatic rings. The quantitative estimate of drug-likeness (QED) is 0.859. The molecule has 2 aromatic rings. The molecule has 0 spiro atoms. The van der Waals surface area contributed by atoms with E-state index in [9.17, 15) is 8.42 Å². The Hall–Kier alpha value is -1.57. The SMILES string of the molecule is CC(c1cccs1)N(C)S(=O)(=O)c1ccc2c(c1)OCCO2. The zero-order valence-electron chi connectivity index (χ0n) is 12.4. The van der Waals surface area contributed by atoms with E-state index in [1.807, 2.05) is 24.4 Å². The van der Waals surface area contributed by atoms with Crippen LogP contribution in [0.4, 0.5) is 0 Å². The first-order valence-corrected chi connectivity index (χ1v) is 9.23. The Labute approximate surface area is 134 Å². The molecule has 0 fully saturated rings. The molecule has 1 aromatic heterocycles. The molecule has 0 N–H and O–H groups in total. The van der Waals surface area contributed by atoms with Crippen molar-refractivity contribution in [2.24, 2.45) is 0 Å². The van der Waals surface area contributed by atoms with E-state index in [4.69, 9.17) is 9.47 Å². The fourth-order valence-corrected chi connectivity index (χ4v) is 4.52. The molecule has 1 aliphatic heterocycles. The summed E-state index contributed by atoms with van der Waals surface area (Å²) in [5, 5.41) is 1.94. The van der Waals surface area contributed by atoms with Gasteiger partial charge in [-0.2, -0.15) is 4.31 Å². The number of thiophene rings is 1. The average molecular weight is 339 g/mol. The molecule has 3 rings (SSSR count). The maximum Gasteiger partial charge on any atom is 0.243 e. The van der Waals surface area contributed by atoms with Crippen LogP contribution in [0.2, 0.25) is 0 Å². The zero-order valence-corrected chi connectivity index (χ0v) is 14.0. The molecule has 1 atom stereocenters. The molecule has 0 radical (unpaired) electrons. The molecule has 1 aromatic carbocycles. The van der Waals surface area contributed by atoms with Gasteiger partial charge >= 0.3 is 0 Å². The van der Waals surface area contributed by atoms with Gasteiger partial charge in [0.1, 0.15) is 13.2 Å². The Morgan fingerprint density at radius 1 is 1.18 bits per heavy atom. The van der Waals surface area contributed by atoms with Gasteiger partial charge in [0.2, 0.25) is 10.0 Å². The van der Waals surface area contributed by atoms with E-state index in [0.717, 1.165) is 4.88 Å². The van der Waals surface area contributed by atoms with Gasteiger partial charge in [-0.15, -0.1) is 11.3 Å². The van der Waals surface area contributed by atoms with Crippen LogP contribution < -0.4 is 9.47 Å². The van der Waals surface area contributed by atoms with Gasteiger partial charge in [0.15, 0.2) is 11.5 Å². The van der Waals surface area contributed by atoms with Crippen LogP contribution >= 0.6 is 11.3 Å². The maximum absolute atomic E-state index is 12.8. The standard InChI is InChI=1S/C15H17NO4S2/c1-11(15-4-3-9-21-15)16(2)22(17,18)12-5-6-13-14(10-12)20-8-7-19-13/h3-6,9-11H,7-8H2,1-2H3. The number of benzene rings is 1. The molecule has 0 amide bonds. The molecule has 0 aliphatic carbocycles. The lowest BCUT2D eigenvalue weighted by Crippen LogP contribution is -2.29. The Kier molecular flexibility index (Phi) is 4.12. The minimum atomic E-state index is -3.59. The summed E-state index contributed by atoms with van der Waals surface area (Å²) < 4.78 is 37.8. The van der Waals surface area contributed by atoms with Crippen molar-refractivity contribution in [3.63, 3.8) is 0 Å². The average Bonchev–Trinajstić information content (AvgIpc) is 3.07. The minimum absolute atomic E-state index is 0.211. The third-order valence-corrected chi connectivity index (χ3v) is 6.66. The third-order valence-electron chi connectivity index (χ3n) is 3.69. The predicted molar refractivity (Wildman–Crippen MR) is 85.1 cm³/mol. The smallest absolute Gasteiger partial charge is 0.243 e. The molecule has 1 unspecified atom stereocenters. The van der Waals surface area contributed by atoms with Crippen LogP contribution in [0.3, 0.4) is 0 Å². The number of nitrogens with zero attached hydrogens (tertiary/aromatic N) is 1. The Balaban J connectivity index is 1.92. The number of ether oxygens (including phenoxy) is 2. The maximum atomic E-state index is 12.8. The van der Waals surface area contributed by atoms with E-state index in [-0.39, 0.29) is 10.9 Å². The summed E-state index contributed by atoms with van der Waals surface area (Å²) in [6, 6.07) is 8.36. The van der Waals surface area contributed by atoms with Gasteiger partial charge in [-0.1, -0.05) is 6.07 Å². The molecule has 7 heteroatoms. The highest BCUT2D eigenvalue weighted by Gasteiger charge is 2.28. The number of hydrogen-bond donors (Lipinski definition) is 0. The van der Waals surface area contributed by atoms with Crippen molar-refractivity contribution in [3.8, 4) is 11.5 Å². The second kappa shape index (κ2) is 5.91. The van der Waals surface area contributed by atoms with Gasteiger partial charge in [0, 0.05) is 18.0 Å². The van der Waals surface area contributed by atoms with Crippen molar-refractivity contribution in [2.45, 2.75) is 17.9 Å². The van der Waals surface area contributed by atoms with E-state index in [2.05, 4.69) is 0 Å².